The van der Waals surface area contributed by atoms with Gasteiger partial charge in [0, 0.05) is 12.0 Å². The summed E-state index contributed by atoms with van der Waals surface area (Å²) in [5.41, 5.74) is 6.36. The number of benzene rings is 1. The molecule has 1 rings (SSSR count). The lowest BCUT2D eigenvalue weighted by Gasteiger charge is -2.26. The predicted molar refractivity (Wildman–Crippen MR) is 87.1 cm³/mol. The highest BCUT2D eigenvalue weighted by Crippen LogP contribution is 2.22. The lowest BCUT2D eigenvalue weighted by molar-refractivity contribution is -0.122. The maximum Gasteiger partial charge on any atom is 0.236 e. The van der Waals surface area contributed by atoms with Gasteiger partial charge in [0.15, 0.2) is 0 Å². The van der Waals surface area contributed by atoms with Gasteiger partial charge in [0.1, 0.15) is 5.82 Å². The topological polar surface area (TPSA) is 55.1 Å². The molecule has 1 amide bonds. The molecule has 0 aromatic heterocycles. The summed E-state index contributed by atoms with van der Waals surface area (Å²) in [4.78, 5) is 11.9. The van der Waals surface area contributed by atoms with Crippen LogP contribution in [0.1, 0.15) is 39.7 Å². The number of nitrogens with two attached hydrogens (primary N) is 1. The van der Waals surface area contributed by atoms with E-state index in [4.69, 9.17) is 5.73 Å². The van der Waals surface area contributed by atoms with Crippen molar-refractivity contribution in [2.24, 2.45) is 11.7 Å². The molecule has 0 aliphatic rings. The lowest BCUT2D eigenvalue weighted by Crippen LogP contribution is -2.45. The van der Waals surface area contributed by atoms with Crippen molar-refractivity contribution < 1.29 is 9.18 Å². The molecule has 3 nitrogen and oxygen atoms in total. The minimum absolute atomic E-state index is 0. The van der Waals surface area contributed by atoms with Crippen LogP contribution >= 0.6 is 12.4 Å². The highest BCUT2D eigenvalue weighted by Gasteiger charge is 2.23. The van der Waals surface area contributed by atoms with Gasteiger partial charge < -0.3 is 11.1 Å². The number of hydrogen-bond acceptors (Lipinski definition) is 2. The smallest absolute Gasteiger partial charge is 0.236 e. The Morgan fingerprint density at radius 3 is 2.52 bits per heavy atom. The highest BCUT2D eigenvalue weighted by molar-refractivity contribution is 5.85. The van der Waals surface area contributed by atoms with Crippen LogP contribution in [0.15, 0.2) is 24.3 Å². The van der Waals surface area contributed by atoms with E-state index in [1.807, 2.05) is 33.8 Å². The van der Waals surface area contributed by atoms with E-state index in [0.717, 1.165) is 5.56 Å². The summed E-state index contributed by atoms with van der Waals surface area (Å²) in [6.07, 6.45) is 0.659. The fourth-order valence-corrected chi connectivity index (χ4v) is 2.07. The van der Waals surface area contributed by atoms with E-state index >= 15 is 0 Å². The van der Waals surface area contributed by atoms with Gasteiger partial charge in [-0.1, -0.05) is 39.8 Å². The summed E-state index contributed by atoms with van der Waals surface area (Å²) < 4.78 is 13.3. The monoisotopic (exact) mass is 316 g/mol. The van der Waals surface area contributed by atoms with Crippen LogP contribution in [0.5, 0.6) is 0 Å². The van der Waals surface area contributed by atoms with E-state index in [-0.39, 0.29) is 29.5 Å². The Labute approximate surface area is 132 Å². The van der Waals surface area contributed by atoms with E-state index in [0.29, 0.717) is 18.9 Å². The fourth-order valence-electron chi connectivity index (χ4n) is 2.07. The molecule has 0 unspecified atom stereocenters. The van der Waals surface area contributed by atoms with Crippen LogP contribution in [0.3, 0.4) is 0 Å². The normalized spacial score (nSPS) is 12.7. The van der Waals surface area contributed by atoms with Crippen molar-refractivity contribution >= 4 is 18.3 Å². The maximum absolute atomic E-state index is 13.3. The second kappa shape index (κ2) is 8.35. The van der Waals surface area contributed by atoms with E-state index in [1.54, 1.807) is 6.07 Å². The second-order valence-corrected chi connectivity index (χ2v) is 6.35. The molecule has 0 bridgehead atoms. The van der Waals surface area contributed by atoms with Crippen LogP contribution < -0.4 is 11.1 Å². The minimum Gasteiger partial charge on any atom is -0.354 e. The van der Waals surface area contributed by atoms with Crippen LogP contribution in [-0.2, 0) is 10.2 Å². The molecule has 1 aromatic carbocycles. The van der Waals surface area contributed by atoms with Crippen molar-refractivity contribution in [2.75, 3.05) is 6.54 Å². The molecule has 0 fully saturated rings. The number of halogens is 2. The summed E-state index contributed by atoms with van der Waals surface area (Å²) >= 11 is 0. The molecule has 0 saturated carbocycles. The summed E-state index contributed by atoms with van der Waals surface area (Å²) in [5.74, 6) is -0.0337. The van der Waals surface area contributed by atoms with Gasteiger partial charge in [-0.3, -0.25) is 4.79 Å². The SMILES string of the molecule is CC(C)C[C@H](N)C(=O)NCC(C)(C)c1cccc(F)c1.Cl. The lowest BCUT2D eigenvalue weighted by atomic mass is 9.84. The van der Waals surface area contributed by atoms with Gasteiger partial charge in [-0.2, -0.15) is 0 Å². The van der Waals surface area contributed by atoms with Gasteiger partial charge in [-0.05, 0) is 30.0 Å². The minimum atomic E-state index is -0.488. The van der Waals surface area contributed by atoms with E-state index < -0.39 is 6.04 Å². The Bertz CT molecular complexity index is 463. The number of rotatable bonds is 6. The Balaban J connectivity index is 0.00000400. The van der Waals surface area contributed by atoms with Crippen molar-refractivity contribution in [1.29, 1.82) is 0 Å². The quantitative estimate of drug-likeness (QED) is 0.847. The molecule has 21 heavy (non-hydrogen) atoms. The summed E-state index contributed by atoms with van der Waals surface area (Å²) in [7, 11) is 0. The molecule has 1 aromatic rings. The highest BCUT2D eigenvalue weighted by atomic mass is 35.5. The van der Waals surface area contributed by atoms with Crippen LogP contribution in [0.2, 0.25) is 0 Å². The maximum atomic E-state index is 13.3. The van der Waals surface area contributed by atoms with Crippen LogP contribution in [0, 0.1) is 11.7 Å². The molecule has 5 heteroatoms. The first-order chi connectivity index (χ1) is 9.22. The first kappa shape index (κ1) is 19.9. The second-order valence-electron chi connectivity index (χ2n) is 6.35. The summed E-state index contributed by atoms with van der Waals surface area (Å²) in [6, 6.07) is 5.97. The molecule has 1 atom stereocenters. The Morgan fingerprint density at radius 1 is 1.38 bits per heavy atom. The Hall–Kier alpha value is -1.13. The Kier molecular flexibility index (Phi) is 7.90. The van der Waals surface area contributed by atoms with Crippen molar-refractivity contribution in [2.45, 2.75) is 45.6 Å². The molecule has 0 spiro atoms. The molecule has 0 aliphatic heterocycles. The third kappa shape index (κ3) is 6.44. The van der Waals surface area contributed by atoms with Crippen LogP contribution in [0.4, 0.5) is 4.39 Å². The molecule has 0 radical (unpaired) electrons. The van der Waals surface area contributed by atoms with Crippen molar-refractivity contribution in [3.8, 4) is 0 Å². The van der Waals surface area contributed by atoms with Gasteiger partial charge in [-0.15, -0.1) is 12.4 Å². The molecular weight excluding hydrogens is 291 g/mol. The van der Waals surface area contributed by atoms with E-state index in [2.05, 4.69) is 5.32 Å². The van der Waals surface area contributed by atoms with Gasteiger partial charge >= 0.3 is 0 Å². The first-order valence-electron chi connectivity index (χ1n) is 7.01. The Morgan fingerprint density at radius 2 is 2.00 bits per heavy atom. The standard InChI is InChI=1S/C16H25FN2O.ClH/c1-11(2)8-14(18)15(20)19-10-16(3,4)12-6-5-7-13(17)9-12;/h5-7,9,11,14H,8,10,18H2,1-4H3,(H,19,20);1H/t14-;/m0./s1. The first-order valence-corrected chi connectivity index (χ1v) is 7.01. The number of hydrogen-bond donors (Lipinski definition) is 2. The van der Waals surface area contributed by atoms with Gasteiger partial charge in [0.2, 0.25) is 5.91 Å². The molecule has 3 N–H and O–H groups in total. The largest absolute Gasteiger partial charge is 0.354 e. The summed E-state index contributed by atoms with van der Waals surface area (Å²) in [6.45, 7) is 8.43. The average molecular weight is 317 g/mol. The van der Waals surface area contributed by atoms with Crippen LogP contribution in [-0.4, -0.2) is 18.5 Å². The van der Waals surface area contributed by atoms with Crippen LogP contribution in [0.25, 0.3) is 0 Å². The predicted octanol–water partition coefficient (Wildman–Crippen LogP) is 3.01. The molecule has 120 valence electrons. The van der Waals surface area contributed by atoms with E-state index in [9.17, 15) is 9.18 Å². The number of carbonyl (C=O) groups is 1. The molecule has 0 heterocycles. The van der Waals surface area contributed by atoms with Crippen molar-refractivity contribution in [3.05, 3.63) is 35.6 Å². The van der Waals surface area contributed by atoms with E-state index in [1.165, 1.54) is 12.1 Å². The number of nitrogens with one attached hydrogen (secondary N) is 1. The zero-order valence-electron chi connectivity index (χ0n) is 13.2. The summed E-state index contributed by atoms with van der Waals surface area (Å²) in [5, 5.41) is 2.86. The van der Waals surface area contributed by atoms with Crippen molar-refractivity contribution in [3.63, 3.8) is 0 Å². The average Bonchev–Trinajstić information content (AvgIpc) is 2.35. The third-order valence-electron chi connectivity index (χ3n) is 3.37. The zero-order valence-corrected chi connectivity index (χ0v) is 14.0. The molecular formula is C16H26ClFN2O. The van der Waals surface area contributed by atoms with Gasteiger partial charge in [-0.25, -0.2) is 4.39 Å². The van der Waals surface area contributed by atoms with Crippen molar-refractivity contribution in [1.82, 2.24) is 5.32 Å². The van der Waals surface area contributed by atoms with Gasteiger partial charge in [0.25, 0.3) is 0 Å². The fraction of sp³-hybridized carbons (Fsp3) is 0.562. The number of carbonyl (C=O) groups excluding carboxylic acids is 1. The molecule has 0 saturated heterocycles. The van der Waals surface area contributed by atoms with Gasteiger partial charge in [0.05, 0.1) is 6.04 Å². The zero-order chi connectivity index (χ0) is 15.3. The number of amides is 1. The molecule has 0 aliphatic carbocycles. The third-order valence-corrected chi connectivity index (χ3v) is 3.37.